The van der Waals surface area contributed by atoms with Crippen molar-refractivity contribution in [3.63, 3.8) is 0 Å². The maximum absolute atomic E-state index is 14.1. The fourth-order valence-electron chi connectivity index (χ4n) is 2.56. The Balaban J connectivity index is 2.12. The summed E-state index contributed by atoms with van der Waals surface area (Å²) in [6.45, 7) is 7.29. The first-order chi connectivity index (χ1) is 9.59. The third-order valence-corrected chi connectivity index (χ3v) is 3.78. The van der Waals surface area contributed by atoms with E-state index in [0.29, 0.717) is 18.5 Å². The van der Waals surface area contributed by atoms with Gasteiger partial charge >= 0.3 is 0 Å². The molecule has 2 rings (SSSR count). The molecular weight excluding hydrogens is 255 g/mol. The van der Waals surface area contributed by atoms with Crippen LogP contribution in [0.5, 0.6) is 0 Å². The number of anilines is 1. The molecule has 0 saturated carbocycles. The molecule has 0 aliphatic carbocycles. The van der Waals surface area contributed by atoms with Crippen molar-refractivity contribution in [2.24, 2.45) is 5.92 Å². The molecular formula is C16H25FN2O. The van der Waals surface area contributed by atoms with Gasteiger partial charge in [0, 0.05) is 31.5 Å². The fraction of sp³-hybridized carbons (Fsp3) is 0.625. The number of nitrogens with zero attached hydrogens (tertiary/aromatic N) is 1. The van der Waals surface area contributed by atoms with Gasteiger partial charge in [0.2, 0.25) is 0 Å². The van der Waals surface area contributed by atoms with Crippen LogP contribution in [0.1, 0.15) is 25.8 Å². The number of ether oxygens (including phenoxy) is 1. The first-order valence-electron chi connectivity index (χ1n) is 7.38. The number of rotatable bonds is 6. The standard InChI is InChI=1S/C16H25FN2O/c1-12(2)9-18-10-14-15(17)5-4-6-16(14)19(3)13-7-8-20-11-13/h4-6,12-13,18H,7-11H2,1-3H3. The average molecular weight is 280 g/mol. The summed E-state index contributed by atoms with van der Waals surface area (Å²) in [6.07, 6.45) is 1.01. The van der Waals surface area contributed by atoms with Crippen molar-refractivity contribution in [1.82, 2.24) is 5.32 Å². The van der Waals surface area contributed by atoms with Gasteiger partial charge in [-0.05, 0) is 31.0 Å². The summed E-state index contributed by atoms with van der Waals surface area (Å²) in [5, 5.41) is 3.33. The molecule has 1 aromatic carbocycles. The van der Waals surface area contributed by atoms with E-state index in [4.69, 9.17) is 4.74 Å². The van der Waals surface area contributed by atoms with Crippen molar-refractivity contribution >= 4 is 5.69 Å². The van der Waals surface area contributed by atoms with Gasteiger partial charge in [0.05, 0.1) is 12.6 Å². The highest BCUT2D eigenvalue weighted by Gasteiger charge is 2.23. The molecule has 0 aromatic heterocycles. The molecule has 0 bridgehead atoms. The minimum absolute atomic E-state index is 0.135. The summed E-state index contributed by atoms with van der Waals surface area (Å²) < 4.78 is 19.6. The van der Waals surface area contributed by atoms with Gasteiger partial charge < -0.3 is 15.0 Å². The maximum atomic E-state index is 14.1. The predicted octanol–water partition coefficient (Wildman–Crippen LogP) is 2.80. The van der Waals surface area contributed by atoms with Crippen LogP contribution in [-0.4, -0.2) is 32.8 Å². The molecule has 1 N–H and O–H groups in total. The van der Waals surface area contributed by atoms with Crippen LogP contribution in [0, 0.1) is 11.7 Å². The zero-order valence-electron chi connectivity index (χ0n) is 12.7. The molecule has 1 aromatic rings. The lowest BCUT2D eigenvalue weighted by molar-refractivity contribution is 0.193. The largest absolute Gasteiger partial charge is 0.379 e. The topological polar surface area (TPSA) is 24.5 Å². The molecule has 1 unspecified atom stereocenters. The van der Waals surface area contributed by atoms with E-state index in [9.17, 15) is 4.39 Å². The van der Waals surface area contributed by atoms with Gasteiger partial charge in [0.25, 0.3) is 0 Å². The Morgan fingerprint density at radius 2 is 2.25 bits per heavy atom. The average Bonchev–Trinajstić information content (AvgIpc) is 2.93. The van der Waals surface area contributed by atoms with Crippen molar-refractivity contribution < 1.29 is 9.13 Å². The second-order valence-corrected chi connectivity index (χ2v) is 5.89. The van der Waals surface area contributed by atoms with E-state index in [2.05, 4.69) is 24.1 Å². The molecule has 0 radical (unpaired) electrons. The summed E-state index contributed by atoms with van der Waals surface area (Å²) >= 11 is 0. The normalized spacial score (nSPS) is 18.8. The zero-order valence-corrected chi connectivity index (χ0v) is 12.7. The highest BCUT2D eigenvalue weighted by atomic mass is 19.1. The summed E-state index contributed by atoms with van der Waals surface area (Å²) in [4.78, 5) is 2.16. The van der Waals surface area contributed by atoms with Crippen molar-refractivity contribution in [3.05, 3.63) is 29.6 Å². The van der Waals surface area contributed by atoms with Gasteiger partial charge in [0.15, 0.2) is 0 Å². The van der Waals surface area contributed by atoms with Crippen molar-refractivity contribution in [3.8, 4) is 0 Å². The zero-order chi connectivity index (χ0) is 14.5. The lowest BCUT2D eigenvalue weighted by atomic mass is 10.1. The van der Waals surface area contributed by atoms with Gasteiger partial charge in [-0.3, -0.25) is 0 Å². The smallest absolute Gasteiger partial charge is 0.129 e. The Bertz CT molecular complexity index is 430. The highest BCUT2D eigenvalue weighted by molar-refractivity contribution is 5.54. The van der Waals surface area contributed by atoms with Crippen LogP contribution in [-0.2, 0) is 11.3 Å². The number of nitrogens with one attached hydrogen (secondary N) is 1. The number of likely N-dealkylation sites (N-methyl/N-ethyl adjacent to an activating group) is 1. The molecule has 1 fully saturated rings. The Labute approximate surface area is 121 Å². The third-order valence-electron chi connectivity index (χ3n) is 3.78. The Hall–Kier alpha value is -1.13. The van der Waals surface area contributed by atoms with Gasteiger partial charge in [-0.15, -0.1) is 0 Å². The second-order valence-electron chi connectivity index (χ2n) is 5.89. The lowest BCUT2D eigenvalue weighted by Gasteiger charge is -2.28. The molecule has 0 amide bonds. The minimum atomic E-state index is -0.135. The van der Waals surface area contributed by atoms with Crippen molar-refractivity contribution in [2.75, 3.05) is 31.7 Å². The van der Waals surface area contributed by atoms with Crippen LogP contribution in [0.2, 0.25) is 0 Å². The van der Waals surface area contributed by atoms with E-state index in [1.54, 1.807) is 6.07 Å². The van der Waals surface area contributed by atoms with E-state index in [1.165, 1.54) is 6.07 Å². The molecule has 1 saturated heterocycles. The Morgan fingerprint density at radius 3 is 2.90 bits per heavy atom. The van der Waals surface area contributed by atoms with Gasteiger partial charge in [0.1, 0.15) is 5.82 Å². The number of hydrogen-bond acceptors (Lipinski definition) is 3. The molecule has 1 heterocycles. The molecule has 1 aliphatic heterocycles. The number of hydrogen-bond donors (Lipinski definition) is 1. The highest BCUT2D eigenvalue weighted by Crippen LogP contribution is 2.26. The predicted molar refractivity (Wildman–Crippen MR) is 80.6 cm³/mol. The van der Waals surface area contributed by atoms with E-state index >= 15 is 0 Å². The third kappa shape index (κ3) is 3.70. The molecule has 1 atom stereocenters. The Morgan fingerprint density at radius 1 is 1.45 bits per heavy atom. The van der Waals surface area contributed by atoms with E-state index in [-0.39, 0.29) is 5.82 Å². The fourth-order valence-corrected chi connectivity index (χ4v) is 2.56. The van der Waals surface area contributed by atoms with Gasteiger partial charge in [-0.1, -0.05) is 19.9 Å². The summed E-state index contributed by atoms with van der Waals surface area (Å²) in [5.41, 5.74) is 1.72. The van der Waals surface area contributed by atoms with Crippen LogP contribution in [0.4, 0.5) is 10.1 Å². The number of benzene rings is 1. The lowest BCUT2D eigenvalue weighted by Crippen LogP contribution is -2.33. The summed E-state index contributed by atoms with van der Waals surface area (Å²) in [7, 11) is 2.03. The van der Waals surface area contributed by atoms with Crippen LogP contribution >= 0.6 is 0 Å². The minimum Gasteiger partial charge on any atom is -0.379 e. The quantitative estimate of drug-likeness (QED) is 0.867. The first-order valence-corrected chi connectivity index (χ1v) is 7.38. The van der Waals surface area contributed by atoms with Crippen LogP contribution in [0.15, 0.2) is 18.2 Å². The summed E-state index contributed by atoms with van der Waals surface area (Å²) in [6, 6.07) is 5.66. The summed E-state index contributed by atoms with van der Waals surface area (Å²) in [5.74, 6) is 0.427. The molecule has 3 nitrogen and oxygen atoms in total. The molecule has 112 valence electrons. The van der Waals surface area contributed by atoms with Crippen LogP contribution in [0.3, 0.4) is 0 Å². The van der Waals surface area contributed by atoms with Crippen molar-refractivity contribution in [2.45, 2.75) is 32.9 Å². The molecule has 1 aliphatic rings. The van der Waals surface area contributed by atoms with Crippen molar-refractivity contribution in [1.29, 1.82) is 0 Å². The van der Waals surface area contributed by atoms with E-state index < -0.39 is 0 Å². The first kappa shape index (κ1) is 15.3. The van der Waals surface area contributed by atoms with Gasteiger partial charge in [-0.25, -0.2) is 4.39 Å². The second kappa shape index (κ2) is 7.04. The van der Waals surface area contributed by atoms with Crippen LogP contribution in [0.25, 0.3) is 0 Å². The molecule has 20 heavy (non-hydrogen) atoms. The monoisotopic (exact) mass is 280 g/mol. The van der Waals surface area contributed by atoms with E-state index in [0.717, 1.165) is 37.4 Å². The molecule has 4 heteroatoms. The van der Waals surface area contributed by atoms with E-state index in [1.807, 2.05) is 13.1 Å². The molecule has 0 spiro atoms. The van der Waals surface area contributed by atoms with Gasteiger partial charge in [-0.2, -0.15) is 0 Å². The maximum Gasteiger partial charge on any atom is 0.129 e. The van der Waals surface area contributed by atoms with Crippen LogP contribution < -0.4 is 10.2 Å². The Kier molecular flexibility index (Phi) is 5.38. The SMILES string of the molecule is CC(C)CNCc1c(F)cccc1N(C)C1CCOC1. The number of halogens is 1.